The van der Waals surface area contributed by atoms with Crippen LogP contribution in [0.25, 0.3) is 21.5 Å². The molecule has 212 valence electrons. The van der Waals surface area contributed by atoms with Gasteiger partial charge in [-0.05, 0) is 49.9 Å². The van der Waals surface area contributed by atoms with Gasteiger partial charge in [0.2, 0.25) is 0 Å². The first-order valence-corrected chi connectivity index (χ1v) is 15.0. The lowest BCUT2D eigenvalue weighted by Gasteiger charge is -2.38. The molecule has 2 aromatic heterocycles. The zero-order valence-corrected chi connectivity index (χ0v) is 24.2. The lowest BCUT2D eigenvalue weighted by atomic mass is 9.97. The van der Waals surface area contributed by atoms with Crippen LogP contribution in [0.15, 0.2) is 34.9 Å². The highest BCUT2D eigenvalue weighted by molar-refractivity contribution is 7.22. The monoisotopic (exact) mass is 615 g/mol. The fraction of sp³-hybridized carbons (Fsp3) is 0.379. The molecule has 12 heteroatoms. The average molecular weight is 616 g/mol. The number of piperidine rings is 1. The Hall–Kier alpha value is -3.21. The van der Waals surface area contributed by atoms with Crippen molar-refractivity contribution >= 4 is 61.8 Å². The van der Waals surface area contributed by atoms with Gasteiger partial charge in [0, 0.05) is 35.9 Å². The summed E-state index contributed by atoms with van der Waals surface area (Å²) in [5.74, 6) is -1.86. The second-order valence-electron chi connectivity index (χ2n) is 11.3. The van der Waals surface area contributed by atoms with Gasteiger partial charge in [-0.3, -0.25) is 0 Å². The Morgan fingerprint density at radius 3 is 2.49 bits per heavy atom. The molecule has 4 heterocycles. The molecule has 0 amide bonds. The van der Waals surface area contributed by atoms with Crippen LogP contribution in [0.2, 0.25) is 10.0 Å². The third-order valence-electron chi connectivity index (χ3n) is 8.51. The Labute approximate surface area is 248 Å². The van der Waals surface area contributed by atoms with Crippen LogP contribution >= 0.6 is 34.5 Å². The fourth-order valence-electron chi connectivity index (χ4n) is 6.16. The largest absolute Gasteiger partial charge is 0.478 e. The number of ether oxygens (including phenoxy) is 1. The first-order chi connectivity index (χ1) is 19.6. The van der Waals surface area contributed by atoms with Crippen LogP contribution in [0.5, 0.6) is 0 Å². The molecule has 2 bridgehead atoms. The molecule has 4 aromatic rings. The topological polar surface area (TPSA) is 106 Å². The Morgan fingerprint density at radius 2 is 1.85 bits per heavy atom. The molecule has 1 aliphatic carbocycles. The Morgan fingerprint density at radius 1 is 1.17 bits per heavy atom. The van der Waals surface area contributed by atoms with E-state index in [1.807, 2.05) is 6.92 Å². The van der Waals surface area contributed by atoms with E-state index in [4.69, 9.17) is 32.5 Å². The van der Waals surface area contributed by atoms with Gasteiger partial charge < -0.3 is 19.3 Å². The molecule has 1 N–H and O–H groups in total. The van der Waals surface area contributed by atoms with Crippen molar-refractivity contribution in [3.63, 3.8) is 0 Å². The van der Waals surface area contributed by atoms with E-state index in [1.165, 1.54) is 17.4 Å². The van der Waals surface area contributed by atoms with Crippen LogP contribution in [-0.2, 0) is 10.2 Å². The molecule has 3 aliphatic rings. The number of carboxylic acid groups (broad SMARTS) is 1. The van der Waals surface area contributed by atoms with Crippen LogP contribution in [0.3, 0.4) is 0 Å². The van der Waals surface area contributed by atoms with Gasteiger partial charge in [-0.2, -0.15) is 0 Å². The molecular formula is C29H24Cl2FN3O5S. The molecule has 0 radical (unpaired) electrons. The van der Waals surface area contributed by atoms with Crippen molar-refractivity contribution in [3.05, 3.63) is 63.1 Å². The molecule has 41 heavy (non-hydrogen) atoms. The van der Waals surface area contributed by atoms with Crippen molar-refractivity contribution < 1.29 is 28.3 Å². The van der Waals surface area contributed by atoms with E-state index in [0.717, 1.165) is 31.7 Å². The van der Waals surface area contributed by atoms with Gasteiger partial charge in [0.1, 0.15) is 22.9 Å². The standard InChI is InChI=1S/C29H24Cl2FN3O5S/c1-29(7-8-29)25-22(24(34-40-25)21-17(30)3-2-4-18(21)31)27(38)39-16-11-14-5-6-15(12-16)35(14)28-33-23-19(32)9-13(26(36)37)10-20(23)41-28/h2-4,9-10,14-16H,5-8,11-12H2,1H3,(H,36,37)/t14-,15+,16-. The molecule has 2 aliphatic heterocycles. The minimum Gasteiger partial charge on any atom is -0.478 e. The van der Waals surface area contributed by atoms with Crippen molar-refractivity contribution in [2.24, 2.45) is 0 Å². The first kappa shape index (κ1) is 26.7. The van der Waals surface area contributed by atoms with Gasteiger partial charge in [0.15, 0.2) is 16.7 Å². The third kappa shape index (κ3) is 4.47. The summed E-state index contributed by atoms with van der Waals surface area (Å²) < 4.78 is 27.0. The molecule has 2 aromatic carbocycles. The number of halogens is 3. The zero-order valence-electron chi connectivity index (χ0n) is 21.8. The number of rotatable bonds is 6. The van der Waals surface area contributed by atoms with Crippen LogP contribution in [0.4, 0.5) is 9.52 Å². The summed E-state index contributed by atoms with van der Waals surface area (Å²) in [6.07, 6.45) is 4.34. The van der Waals surface area contributed by atoms with Crippen LogP contribution in [0, 0.1) is 5.82 Å². The summed E-state index contributed by atoms with van der Waals surface area (Å²) in [6, 6.07) is 7.66. The van der Waals surface area contributed by atoms with E-state index in [2.05, 4.69) is 15.0 Å². The number of carbonyl (C=O) groups is 2. The summed E-state index contributed by atoms with van der Waals surface area (Å²) in [5, 5.41) is 14.9. The quantitative estimate of drug-likeness (QED) is 0.222. The summed E-state index contributed by atoms with van der Waals surface area (Å²) in [7, 11) is 0. The number of carboxylic acids is 1. The lowest BCUT2D eigenvalue weighted by molar-refractivity contribution is 0.0201. The second kappa shape index (κ2) is 9.68. The van der Waals surface area contributed by atoms with Crippen molar-refractivity contribution in [2.75, 3.05) is 4.90 Å². The molecule has 1 saturated carbocycles. The highest BCUT2D eigenvalue weighted by Gasteiger charge is 2.49. The Kier molecular flexibility index (Phi) is 6.29. The van der Waals surface area contributed by atoms with Crippen molar-refractivity contribution in [1.82, 2.24) is 10.1 Å². The van der Waals surface area contributed by atoms with Crippen LogP contribution < -0.4 is 4.90 Å². The van der Waals surface area contributed by atoms with Crippen LogP contribution in [0.1, 0.15) is 71.9 Å². The van der Waals surface area contributed by atoms with E-state index in [-0.39, 0.29) is 45.9 Å². The summed E-state index contributed by atoms with van der Waals surface area (Å²) in [6.45, 7) is 2.03. The lowest BCUT2D eigenvalue weighted by Crippen LogP contribution is -2.46. The number of esters is 1. The highest BCUT2D eigenvalue weighted by Crippen LogP contribution is 2.51. The summed E-state index contributed by atoms with van der Waals surface area (Å²) in [5.41, 5.74) is 0.757. The average Bonchev–Trinajstić information content (AvgIpc) is 3.23. The molecule has 0 unspecified atom stereocenters. The smallest absolute Gasteiger partial charge is 0.344 e. The first-order valence-electron chi connectivity index (χ1n) is 13.4. The molecule has 3 fully saturated rings. The molecular weight excluding hydrogens is 592 g/mol. The minimum absolute atomic E-state index is 0.0505. The summed E-state index contributed by atoms with van der Waals surface area (Å²) >= 11 is 14.2. The van der Waals surface area contributed by atoms with Gasteiger partial charge in [-0.1, -0.05) is 52.7 Å². The SMILES string of the molecule is CC1(c2onc(-c3c(Cl)cccc3Cl)c2C(=O)O[C@@H]2C[C@H]3CC[C@@H](C2)N3c2nc3c(F)cc(C(=O)O)cc3s2)CC1. The number of benzene rings is 2. The zero-order chi connectivity index (χ0) is 28.6. The van der Waals surface area contributed by atoms with Crippen LogP contribution in [-0.4, -0.2) is 45.4 Å². The van der Waals surface area contributed by atoms with Gasteiger partial charge in [0.05, 0.1) is 20.3 Å². The number of thiazole rings is 1. The number of aromatic carboxylic acids is 1. The van der Waals surface area contributed by atoms with E-state index in [0.29, 0.717) is 44.0 Å². The maximum absolute atomic E-state index is 14.6. The van der Waals surface area contributed by atoms with Gasteiger partial charge in [-0.15, -0.1) is 0 Å². The Bertz CT molecular complexity index is 1700. The van der Waals surface area contributed by atoms with E-state index < -0.39 is 17.8 Å². The highest BCUT2D eigenvalue weighted by atomic mass is 35.5. The predicted molar refractivity (Wildman–Crippen MR) is 153 cm³/mol. The van der Waals surface area contributed by atoms with Gasteiger partial charge >= 0.3 is 11.9 Å². The van der Waals surface area contributed by atoms with E-state index in [1.54, 1.807) is 18.2 Å². The Balaban J connectivity index is 1.15. The maximum Gasteiger partial charge on any atom is 0.344 e. The molecule has 2 saturated heterocycles. The number of carbonyl (C=O) groups excluding carboxylic acids is 1. The molecule has 7 rings (SSSR count). The normalized spacial score (nSPS) is 22.7. The van der Waals surface area contributed by atoms with Crippen molar-refractivity contribution in [3.8, 4) is 11.3 Å². The number of nitrogens with zero attached hydrogens (tertiary/aromatic N) is 3. The maximum atomic E-state index is 14.6. The van der Waals surface area contributed by atoms with Crippen molar-refractivity contribution in [1.29, 1.82) is 0 Å². The van der Waals surface area contributed by atoms with Crippen molar-refractivity contribution in [2.45, 2.75) is 69.1 Å². The van der Waals surface area contributed by atoms with E-state index >= 15 is 0 Å². The number of aromatic nitrogens is 2. The molecule has 8 nitrogen and oxygen atoms in total. The minimum atomic E-state index is -1.19. The number of fused-ring (bicyclic) bond motifs is 3. The molecule has 0 spiro atoms. The fourth-order valence-corrected chi connectivity index (χ4v) is 7.90. The second-order valence-corrected chi connectivity index (χ2v) is 13.1. The van der Waals surface area contributed by atoms with Gasteiger partial charge in [0.25, 0.3) is 0 Å². The van der Waals surface area contributed by atoms with E-state index in [9.17, 15) is 19.1 Å². The number of hydrogen-bond donors (Lipinski definition) is 1. The predicted octanol–water partition coefficient (Wildman–Crippen LogP) is 7.50. The van der Waals surface area contributed by atoms with Gasteiger partial charge in [-0.25, -0.2) is 19.0 Å². The molecule has 3 atom stereocenters. The summed E-state index contributed by atoms with van der Waals surface area (Å²) in [4.78, 5) is 31.9. The number of anilines is 1. The third-order valence-corrected chi connectivity index (χ3v) is 10.2. The number of hydrogen-bond acceptors (Lipinski definition) is 8.